The van der Waals surface area contributed by atoms with Crippen LogP contribution in [-0.2, 0) is 6.42 Å². The number of nitriles is 1. The second-order valence-electron chi connectivity index (χ2n) is 8.60. The molecule has 1 saturated carbocycles. The number of nitrogens with zero attached hydrogens (tertiary/aromatic N) is 1. The van der Waals surface area contributed by atoms with Gasteiger partial charge in [-0.2, -0.15) is 5.26 Å². The van der Waals surface area contributed by atoms with E-state index >= 15 is 0 Å². The maximum absolute atomic E-state index is 9.89. The van der Waals surface area contributed by atoms with Crippen LogP contribution >= 0.6 is 0 Å². The summed E-state index contributed by atoms with van der Waals surface area (Å²) in [7, 11) is 0. The molecule has 1 unspecified atom stereocenters. The summed E-state index contributed by atoms with van der Waals surface area (Å²) in [5.74, 6) is 0.0689. The lowest BCUT2D eigenvalue weighted by molar-refractivity contribution is 0.147. The van der Waals surface area contributed by atoms with E-state index in [0.717, 1.165) is 6.42 Å². The quantitative estimate of drug-likeness (QED) is 0.370. The first-order valence-corrected chi connectivity index (χ1v) is 11.2. The number of rotatable bonds is 11. The minimum absolute atomic E-state index is 0.0689. The smallest absolute Gasteiger partial charge is 0.0718 e. The first kappa shape index (κ1) is 21.0. The molecule has 0 spiro atoms. The Balaban J connectivity index is 2.02. The number of unbranched alkanes of at least 4 members (excludes halogenated alkanes) is 4. The average molecular weight is 354 g/mol. The van der Waals surface area contributed by atoms with Crippen molar-refractivity contribution in [1.82, 2.24) is 0 Å². The van der Waals surface area contributed by atoms with Crippen LogP contribution in [0.2, 0.25) is 0 Å². The summed E-state index contributed by atoms with van der Waals surface area (Å²) >= 11 is 0. The van der Waals surface area contributed by atoms with Gasteiger partial charge < -0.3 is 0 Å². The lowest BCUT2D eigenvalue weighted by Gasteiger charge is -2.39. The van der Waals surface area contributed by atoms with Crippen molar-refractivity contribution in [2.75, 3.05) is 0 Å². The summed E-state index contributed by atoms with van der Waals surface area (Å²) in [5.41, 5.74) is 3.09. The second-order valence-corrected chi connectivity index (χ2v) is 8.60. The van der Waals surface area contributed by atoms with Crippen LogP contribution in [-0.4, -0.2) is 0 Å². The van der Waals surface area contributed by atoms with E-state index in [1.165, 1.54) is 94.6 Å². The molecule has 1 atom stereocenters. The number of benzene rings is 1. The van der Waals surface area contributed by atoms with E-state index in [9.17, 15) is 5.26 Å². The van der Waals surface area contributed by atoms with E-state index in [1.807, 2.05) is 0 Å². The first-order valence-electron chi connectivity index (χ1n) is 11.2. The van der Waals surface area contributed by atoms with Crippen molar-refractivity contribution < 1.29 is 0 Å². The molecular formula is C25H39N. The molecule has 0 aliphatic heterocycles. The van der Waals surface area contributed by atoms with E-state index < -0.39 is 0 Å². The normalized spacial score (nSPS) is 17.6. The van der Waals surface area contributed by atoms with Crippen LogP contribution in [0.15, 0.2) is 24.3 Å². The highest BCUT2D eigenvalue weighted by Gasteiger charge is 2.34. The zero-order valence-electron chi connectivity index (χ0n) is 17.2. The van der Waals surface area contributed by atoms with Gasteiger partial charge in [-0.25, -0.2) is 0 Å². The molecule has 1 fully saturated rings. The molecule has 0 bridgehead atoms. The molecule has 26 heavy (non-hydrogen) atoms. The molecule has 0 amide bonds. The highest BCUT2D eigenvalue weighted by atomic mass is 14.4. The van der Waals surface area contributed by atoms with Gasteiger partial charge in [-0.3, -0.25) is 0 Å². The summed E-state index contributed by atoms with van der Waals surface area (Å²) in [6.45, 7) is 4.54. The maximum atomic E-state index is 9.89. The second kappa shape index (κ2) is 11.4. The van der Waals surface area contributed by atoms with Crippen LogP contribution in [0, 0.1) is 16.7 Å². The zero-order valence-corrected chi connectivity index (χ0v) is 17.2. The average Bonchev–Trinajstić information content (AvgIpc) is 2.68. The topological polar surface area (TPSA) is 23.8 Å². The molecule has 1 heteroatoms. The van der Waals surface area contributed by atoms with Gasteiger partial charge in [0.2, 0.25) is 0 Å². The molecule has 2 rings (SSSR count). The van der Waals surface area contributed by atoms with E-state index in [1.54, 1.807) is 0 Å². The van der Waals surface area contributed by atoms with Crippen molar-refractivity contribution in [3.8, 4) is 6.07 Å². The fourth-order valence-corrected chi connectivity index (χ4v) is 4.77. The Morgan fingerprint density at radius 2 is 1.58 bits per heavy atom. The van der Waals surface area contributed by atoms with Gasteiger partial charge in [0.25, 0.3) is 0 Å². The van der Waals surface area contributed by atoms with Crippen molar-refractivity contribution >= 4 is 0 Å². The molecule has 0 saturated heterocycles. The number of aryl methyl sites for hydroxylation is 1. The zero-order chi connectivity index (χ0) is 18.7. The van der Waals surface area contributed by atoms with Crippen molar-refractivity contribution in [1.29, 1.82) is 5.26 Å². The third kappa shape index (κ3) is 6.46. The van der Waals surface area contributed by atoms with Crippen LogP contribution in [0.3, 0.4) is 0 Å². The lowest BCUT2D eigenvalue weighted by Crippen LogP contribution is -2.26. The standard InChI is InChI=1S/C25H39N/c1-3-5-8-12-22-13-15-23(16-14-22)24(21-26)20-25(17-9-6-4-2)18-10-7-11-19-25/h13-16,24H,3-12,17-20H2,1-2H3. The van der Waals surface area contributed by atoms with Crippen LogP contribution in [0.5, 0.6) is 0 Å². The molecule has 0 radical (unpaired) electrons. The van der Waals surface area contributed by atoms with Gasteiger partial charge in [-0.05, 0) is 55.1 Å². The van der Waals surface area contributed by atoms with Crippen LogP contribution in [0.4, 0.5) is 0 Å². The van der Waals surface area contributed by atoms with Gasteiger partial charge >= 0.3 is 0 Å². The molecule has 0 aromatic heterocycles. The van der Waals surface area contributed by atoms with Crippen molar-refractivity contribution in [3.05, 3.63) is 35.4 Å². The predicted molar refractivity (Wildman–Crippen MR) is 112 cm³/mol. The van der Waals surface area contributed by atoms with Crippen LogP contribution in [0.25, 0.3) is 0 Å². The minimum atomic E-state index is 0.0689. The van der Waals surface area contributed by atoms with Crippen molar-refractivity contribution in [2.45, 2.75) is 110 Å². The fourth-order valence-electron chi connectivity index (χ4n) is 4.77. The molecule has 144 valence electrons. The molecule has 1 aromatic rings. The molecule has 0 N–H and O–H groups in total. The Hall–Kier alpha value is -1.29. The largest absolute Gasteiger partial charge is 0.198 e. The molecule has 1 aliphatic rings. The van der Waals surface area contributed by atoms with E-state index in [0.29, 0.717) is 5.41 Å². The van der Waals surface area contributed by atoms with Crippen molar-refractivity contribution in [3.63, 3.8) is 0 Å². The molecule has 1 aliphatic carbocycles. The molecule has 1 aromatic carbocycles. The summed E-state index contributed by atoms with van der Waals surface area (Å²) in [4.78, 5) is 0. The van der Waals surface area contributed by atoms with Crippen LogP contribution < -0.4 is 0 Å². The summed E-state index contributed by atoms with van der Waals surface area (Å²) in [6, 6.07) is 11.6. The van der Waals surface area contributed by atoms with E-state index in [-0.39, 0.29) is 5.92 Å². The SMILES string of the molecule is CCCCCc1ccc(C(C#N)CC2(CCCCC)CCCCC2)cc1. The summed E-state index contributed by atoms with van der Waals surface area (Å²) < 4.78 is 0. The van der Waals surface area contributed by atoms with Gasteiger partial charge in [0.1, 0.15) is 0 Å². The lowest BCUT2D eigenvalue weighted by atomic mass is 9.65. The molecule has 1 nitrogen and oxygen atoms in total. The highest BCUT2D eigenvalue weighted by molar-refractivity contribution is 5.29. The first-order chi connectivity index (χ1) is 12.7. The van der Waals surface area contributed by atoms with E-state index in [4.69, 9.17) is 0 Å². The predicted octanol–water partition coefficient (Wildman–Crippen LogP) is 7.95. The van der Waals surface area contributed by atoms with Gasteiger partial charge in [-0.1, -0.05) is 89.5 Å². The minimum Gasteiger partial charge on any atom is -0.198 e. The third-order valence-electron chi connectivity index (χ3n) is 6.47. The Bertz CT molecular complexity index is 530. The van der Waals surface area contributed by atoms with Crippen molar-refractivity contribution in [2.24, 2.45) is 5.41 Å². The Morgan fingerprint density at radius 1 is 0.923 bits per heavy atom. The van der Waals surface area contributed by atoms with Gasteiger partial charge in [0.15, 0.2) is 0 Å². The van der Waals surface area contributed by atoms with Crippen LogP contribution in [0.1, 0.15) is 114 Å². The van der Waals surface area contributed by atoms with E-state index in [2.05, 4.69) is 44.2 Å². The third-order valence-corrected chi connectivity index (χ3v) is 6.47. The van der Waals surface area contributed by atoms with Gasteiger partial charge in [0.05, 0.1) is 12.0 Å². The number of hydrogen-bond acceptors (Lipinski definition) is 1. The maximum Gasteiger partial charge on any atom is 0.0718 e. The van der Waals surface area contributed by atoms with Gasteiger partial charge in [0, 0.05) is 0 Å². The fraction of sp³-hybridized carbons (Fsp3) is 0.720. The Morgan fingerprint density at radius 3 is 2.19 bits per heavy atom. The monoisotopic (exact) mass is 353 g/mol. The summed E-state index contributed by atoms with van der Waals surface area (Å²) in [5, 5.41) is 9.89. The number of hydrogen-bond donors (Lipinski definition) is 0. The van der Waals surface area contributed by atoms with Gasteiger partial charge in [-0.15, -0.1) is 0 Å². The highest BCUT2D eigenvalue weighted by Crippen LogP contribution is 2.47. The summed E-state index contributed by atoms with van der Waals surface area (Å²) in [6.07, 6.45) is 18.2. The molecule has 0 heterocycles. The molecular weight excluding hydrogens is 314 g/mol. The Kier molecular flexibility index (Phi) is 9.24. The Labute approximate surface area is 162 Å².